The van der Waals surface area contributed by atoms with Crippen LogP contribution in [-0.2, 0) is 4.79 Å². The molecule has 0 aliphatic carbocycles. The van der Waals surface area contributed by atoms with E-state index in [0.717, 1.165) is 20.9 Å². The number of halogens is 1. The maximum absolute atomic E-state index is 11.9. The highest BCUT2D eigenvalue weighted by molar-refractivity contribution is 9.10. The smallest absolute Gasteiger partial charge is 0.340 e. The van der Waals surface area contributed by atoms with Crippen LogP contribution in [0, 0.1) is 6.92 Å². The summed E-state index contributed by atoms with van der Waals surface area (Å²) in [7, 11) is 0. The first-order chi connectivity index (χ1) is 9.97. The number of aryl methyl sites for hydroxylation is 1. The van der Waals surface area contributed by atoms with Gasteiger partial charge in [0, 0.05) is 9.37 Å². The van der Waals surface area contributed by atoms with Gasteiger partial charge in [-0.2, -0.15) is 4.37 Å². The Balaban J connectivity index is 1.96. The van der Waals surface area contributed by atoms with Gasteiger partial charge in [0.2, 0.25) is 5.91 Å². The van der Waals surface area contributed by atoms with Crippen molar-refractivity contribution in [1.82, 2.24) is 4.37 Å². The molecule has 0 atom stereocenters. The molecule has 2 aromatic rings. The van der Waals surface area contributed by atoms with E-state index < -0.39 is 5.97 Å². The summed E-state index contributed by atoms with van der Waals surface area (Å²) >= 11 is 5.70. The molecule has 110 valence electrons. The van der Waals surface area contributed by atoms with E-state index in [1.165, 1.54) is 11.8 Å². The minimum Gasteiger partial charge on any atom is -0.478 e. The number of carboxylic acid groups (broad SMARTS) is 1. The predicted molar refractivity (Wildman–Crippen MR) is 87.3 cm³/mol. The zero-order valence-corrected chi connectivity index (χ0v) is 14.1. The van der Waals surface area contributed by atoms with Crippen LogP contribution in [0.3, 0.4) is 0 Å². The Hall–Kier alpha value is -1.38. The van der Waals surface area contributed by atoms with Crippen molar-refractivity contribution in [3.05, 3.63) is 40.0 Å². The number of carbonyl (C=O) groups excluding carboxylic acids is 1. The van der Waals surface area contributed by atoms with Crippen LogP contribution in [0.4, 0.5) is 5.00 Å². The van der Waals surface area contributed by atoms with Crippen LogP contribution < -0.4 is 5.32 Å². The van der Waals surface area contributed by atoms with Crippen LogP contribution in [0.5, 0.6) is 0 Å². The van der Waals surface area contributed by atoms with Crippen LogP contribution >= 0.6 is 39.2 Å². The molecule has 0 bridgehead atoms. The summed E-state index contributed by atoms with van der Waals surface area (Å²) in [5.41, 5.74) is 0.463. The molecule has 1 aromatic heterocycles. The summed E-state index contributed by atoms with van der Waals surface area (Å²) < 4.78 is 4.93. The molecule has 0 spiro atoms. The quantitative estimate of drug-likeness (QED) is 0.766. The molecule has 1 aromatic carbocycles. The molecule has 1 heterocycles. The number of aromatic nitrogens is 1. The van der Waals surface area contributed by atoms with Gasteiger partial charge < -0.3 is 10.4 Å². The van der Waals surface area contributed by atoms with Gasteiger partial charge in [-0.25, -0.2) is 4.79 Å². The number of thioether (sulfide) groups is 1. The number of aromatic carboxylic acids is 1. The summed E-state index contributed by atoms with van der Waals surface area (Å²) in [5, 5.41) is 12.0. The Kier molecular flexibility index (Phi) is 5.38. The first kappa shape index (κ1) is 16.0. The molecule has 0 saturated heterocycles. The molecule has 0 saturated carbocycles. The average Bonchev–Trinajstić information content (AvgIpc) is 2.79. The van der Waals surface area contributed by atoms with Crippen LogP contribution in [-0.4, -0.2) is 27.1 Å². The Bertz CT molecular complexity index is 671. The van der Waals surface area contributed by atoms with Crippen molar-refractivity contribution >= 4 is 56.1 Å². The van der Waals surface area contributed by atoms with Gasteiger partial charge in [-0.05, 0) is 42.7 Å². The number of hydrogen-bond acceptors (Lipinski definition) is 5. The normalized spacial score (nSPS) is 10.4. The summed E-state index contributed by atoms with van der Waals surface area (Å²) in [6, 6.07) is 7.60. The van der Waals surface area contributed by atoms with Gasteiger partial charge in [-0.15, -0.1) is 11.8 Å². The summed E-state index contributed by atoms with van der Waals surface area (Å²) in [5.74, 6) is -1.14. The number of carboxylic acids is 1. The number of hydrogen-bond donors (Lipinski definition) is 2. The molecular weight excluding hydrogens is 376 g/mol. The Labute approximate surface area is 138 Å². The molecule has 0 fully saturated rings. The maximum atomic E-state index is 11.9. The standard InChI is InChI=1S/C13H11BrN2O3S2/c1-7-11(13(18)19)12(21-16-7)15-10(17)6-20-9-4-2-8(14)3-5-9/h2-5H,6H2,1H3,(H,15,17)(H,18,19). The SMILES string of the molecule is Cc1nsc(NC(=O)CSc2ccc(Br)cc2)c1C(=O)O. The monoisotopic (exact) mass is 386 g/mol. The van der Waals surface area contributed by atoms with Crippen molar-refractivity contribution in [2.45, 2.75) is 11.8 Å². The van der Waals surface area contributed by atoms with Gasteiger partial charge in [0.25, 0.3) is 0 Å². The van der Waals surface area contributed by atoms with Crippen molar-refractivity contribution in [2.75, 3.05) is 11.1 Å². The number of nitrogens with zero attached hydrogens (tertiary/aromatic N) is 1. The van der Waals surface area contributed by atoms with E-state index >= 15 is 0 Å². The molecule has 5 nitrogen and oxygen atoms in total. The van der Waals surface area contributed by atoms with Gasteiger partial charge in [0.1, 0.15) is 10.6 Å². The molecule has 2 N–H and O–H groups in total. The molecule has 0 unspecified atom stereocenters. The second kappa shape index (κ2) is 7.06. The molecule has 0 radical (unpaired) electrons. The van der Waals surface area contributed by atoms with Gasteiger partial charge >= 0.3 is 5.97 Å². The molecule has 0 aliphatic rings. The number of nitrogens with one attached hydrogen (secondary N) is 1. The third-order valence-corrected chi connectivity index (χ3v) is 4.91. The maximum Gasteiger partial charge on any atom is 0.340 e. The van der Waals surface area contributed by atoms with Crippen LogP contribution in [0.2, 0.25) is 0 Å². The second-order valence-electron chi connectivity index (χ2n) is 4.07. The Morgan fingerprint density at radius 2 is 2.05 bits per heavy atom. The molecular formula is C13H11BrN2O3S2. The van der Waals surface area contributed by atoms with E-state index in [9.17, 15) is 9.59 Å². The summed E-state index contributed by atoms with van der Waals surface area (Å²) in [6.45, 7) is 1.60. The van der Waals surface area contributed by atoms with Crippen molar-refractivity contribution in [1.29, 1.82) is 0 Å². The third-order valence-electron chi connectivity index (χ3n) is 2.51. The van der Waals surface area contributed by atoms with Gasteiger partial charge in [-0.3, -0.25) is 4.79 Å². The molecule has 1 amide bonds. The molecule has 0 aliphatic heterocycles. The minimum atomic E-state index is -1.09. The largest absolute Gasteiger partial charge is 0.478 e. The number of carbonyl (C=O) groups is 2. The van der Waals surface area contributed by atoms with E-state index in [2.05, 4.69) is 25.6 Å². The lowest BCUT2D eigenvalue weighted by atomic mass is 10.2. The van der Waals surface area contributed by atoms with Gasteiger partial charge in [-0.1, -0.05) is 15.9 Å². The van der Waals surface area contributed by atoms with Gasteiger partial charge in [0.05, 0.1) is 11.4 Å². The van der Waals surface area contributed by atoms with E-state index in [1.807, 2.05) is 24.3 Å². The highest BCUT2D eigenvalue weighted by atomic mass is 79.9. The van der Waals surface area contributed by atoms with Gasteiger partial charge in [0.15, 0.2) is 0 Å². The molecule has 8 heteroatoms. The number of rotatable bonds is 5. The van der Waals surface area contributed by atoms with Crippen LogP contribution in [0.25, 0.3) is 0 Å². The first-order valence-corrected chi connectivity index (χ1v) is 8.40. The Morgan fingerprint density at radius 1 is 1.38 bits per heavy atom. The molecule has 21 heavy (non-hydrogen) atoms. The van der Waals surface area contributed by atoms with Crippen molar-refractivity contribution in [2.24, 2.45) is 0 Å². The zero-order chi connectivity index (χ0) is 15.4. The second-order valence-corrected chi connectivity index (χ2v) is 6.81. The Morgan fingerprint density at radius 3 is 2.67 bits per heavy atom. The number of anilines is 1. The van der Waals surface area contributed by atoms with Crippen molar-refractivity contribution < 1.29 is 14.7 Å². The fourth-order valence-electron chi connectivity index (χ4n) is 1.55. The fraction of sp³-hybridized carbons (Fsp3) is 0.154. The fourth-order valence-corrected chi connectivity index (χ4v) is 3.32. The van der Waals surface area contributed by atoms with E-state index in [-0.39, 0.29) is 22.2 Å². The zero-order valence-electron chi connectivity index (χ0n) is 10.9. The van der Waals surface area contributed by atoms with Crippen molar-refractivity contribution in [3.63, 3.8) is 0 Å². The van der Waals surface area contributed by atoms with E-state index in [1.54, 1.807) is 6.92 Å². The lowest BCUT2D eigenvalue weighted by molar-refractivity contribution is -0.113. The predicted octanol–water partition coefficient (Wildman–Crippen LogP) is 3.64. The van der Waals surface area contributed by atoms with Crippen LogP contribution in [0.1, 0.15) is 16.1 Å². The van der Waals surface area contributed by atoms with Crippen molar-refractivity contribution in [3.8, 4) is 0 Å². The van der Waals surface area contributed by atoms with E-state index in [0.29, 0.717) is 5.69 Å². The van der Waals surface area contributed by atoms with Crippen LogP contribution in [0.15, 0.2) is 33.6 Å². The number of amides is 1. The lowest BCUT2D eigenvalue weighted by Crippen LogP contribution is -2.15. The third kappa shape index (κ3) is 4.29. The highest BCUT2D eigenvalue weighted by Gasteiger charge is 2.19. The lowest BCUT2D eigenvalue weighted by Gasteiger charge is -2.04. The average molecular weight is 387 g/mol. The summed E-state index contributed by atoms with van der Waals surface area (Å²) in [6.07, 6.45) is 0. The summed E-state index contributed by atoms with van der Waals surface area (Å²) in [4.78, 5) is 23.9. The topological polar surface area (TPSA) is 79.3 Å². The number of benzene rings is 1. The first-order valence-electron chi connectivity index (χ1n) is 5.85. The van der Waals surface area contributed by atoms with E-state index in [4.69, 9.17) is 5.11 Å². The molecule has 2 rings (SSSR count). The highest BCUT2D eigenvalue weighted by Crippen LogP contribution is 2.25. The minimum absolute atomic E-state index is 0.0574.